The summed E-state index contributed by atoms with van der Waals surface area (Å²) >= 11 is 0. The van der Waals surface area contributed by atoms with E-state index in [4.69, 9.17) is 18.9 Å². The average Bonchev–Trinajstić information content (AvgIpc) is 2.24. The van der Waals surface area contributed by atoms with Gasteiger partial charge in [-0.1, -0.05) is 0 Å². The second-order valence-electron chi connectivity index (χ2n) is 3.79. The predicted octanol–water partition coefficient (Wildman–Crippen LogP) is 1.00. The Morgan fingerprint density at radius 3 is 1.94 bits per heavy atom. The van der Waals surface area contributed by atoms with Crippen molar-refractivity contribution in [3.8, 4) is 0 Å². The zero-order valence-electron chi connectivity index (χ0n) is 10.5. The molecule has 16 heavy (non-hydrogen) atoms. The van der Waals surface area contributed by atoms with Crippen molar-refractivity contribution < 1.29 is 23.7 Å². The van der Waals surface area contributed by atoms with Crippen LogP contribution in [-0.2, 0) is 23.7 Å². The number of carbonyl (C=O) groups is 1. The van der Waals surface area contributed by atoms with E-state index in [9.17, 15) is 4.79 Å². The molecule has 3 atom stereocenters. The first kappa shape index (κ1) is 15.3. The van der Waals surface area contributed by atoms with Crippen LogP contribution in [0.4, 0.5) is 0 Å². The molecule has 3 unspecified atom stereocenters. The summed E-state index contributed by atoms with van der Waals surface area (Å²) in [5.41, 5.74) is 0. The molecule has 0 aliphatic carbocycles. The van der Waals surface area contributed by atoms with Crippen LogP contribution in [0.1, 0.15) is 20.8 Å². The third-order valence-electron chi connectivity index (χ3n) is 1.92. The van der Waals surface area contributed by atoms with Crippen LogP contribution in [0.5, 0.6) is 0 Å². The van der Waals surface area contributed by atoms with Gasteiger partial charge in [0.2, 0.25) is 0 Å². The Bertz CT molecular complexity index is 174. The van der Waals surface area contributed by atoms with Crippen LogP contribution in [0.15, 0.2) is 0 Å². The number of hydrogen-bond donors (Lipinski definition) is 0. The fourth-order valence-electron chi connectivity index (χ4n) is 1.06. The van der Waals surface area contributed by atoms with Crippen LogP contribution in [0.3, 0.4) is 0 Å². The molecule has 0 bridgehead atoms. The molecule has 0 aliphatic heterocycles. The van der Waals surface area contributed by atoms with Gasteiger partial charge in [-0.15, -0.1) is 0 Å². The molecule has 0 aliphatic rings. The molecule has 0 rings (SSSR count). The maximum Gasteiger partial charge on any atom is 0.293 e. The molecule has 0 fully saturated rings. The molecule has 0 aromatic rings. The Morgan fingerprint density at radius 1 is 0.938 bits per heavy atom. The maximum atomic E-state index is 10.0. The van der Waals surface area contributed by atoms with Gasteiger partial charge in [0.1, 0.15) is 6.10 Å². The highest BCUT2D eigenvalue weighted by Gasteiger charge is 2.09. The van der Waals surface area contributed by atoms with Gasteiger partial charge in [-0.05, 0) is 20.8 Å². The molecule has 0 amide bonds. The first-order chi connectivity index (χ1) is 7.60. The van der Waals surface area contributed by atoms with Crippen molar-refractivity contribution in [1.29, 1.82) is 0 Å². The Labute approximate surface area is 97.0 Å². The van der Waals surface area contributed by atoms with Gasteiger partial charge in [0, 0.05) is 7.11 Å². The van der Waals surface area contributed by atoms with Gasteiger partial charge in [-0.25, -0.2) is 0 Å². The second-order valence-corrected chi connectivity index (χ2v) is 3.79. The average molecular weight is 234 g/mol. The Kier molecular flexibility index (Phi) is 9.18. The molecule has 0 spiro atoms. The van der Waals surface area contributed by atoms with Crippen molar-refractivity contribution in [2.24, 2.45) is 0 Å². The van der Waals surface area contributed by atoms with Crippen molar-refractivity contribution in [2.75, 3.05) is 26.9 Å². The van der Waals surface area contributed by atoms with Crippen molar-refractivity contribution in [1.82, 2.24) is 0 Å². The minimum Gasteiger partial charge on any atom is -0.462 e. The highest BCUT2D eigenvalue weighted by atomic mass is 16.6. The molecule has 0 saturated carbocycles. The Morgan fingerprint density at radius 2 is 1.44 bits per heavy atom. The normalized spacial score (nSPS) is 16.5. The summed E-state index contributed by atoms with van der Waals surface area (Å²) in [5, 5.41) is 0. The van der Waals surface area contributed by atoms with Crippen molar-refractivity contribution in [2.45, 2.75) is 39.1 Å². The smallest absolute Gasteiger partial charge is 0.293 e. The van der Waals surface area contributed by atoms with E-state index in [1.54, 1.807) is 14.0 Å². The van der Waals surface area contributed by atoms with Crippen LogP contribution < -0.4 is 0 Å². The van der Waals surface area contributed by atoms with E-state index in [-0.39, 0.29) is 18.3 Å². The molecule has 0 saturated heterocycles. The number of rotatable bonds is 10. The fraction of sp³-hybridized carbons (Fsp3) is 0.909. The molecule has 0 radical (unpaired) electrons. The second kappa shape index (κ2) is 9.57. The van der Waals surface area contributed by atoms with E-state index in [0.717, 1.165) is 0 Å². The minimum atomic E-state index is -0.226. The lowest BCUT2D eigenvalue weighted by atomic mass is 10.4. The first-order valence-corrected chi connectivity index (χ1v) is 5.41. The lowest BCUT2D eigenvalue weighted by molar-refractivity contribution is -0.137. The number of hydrogen-bond acceptors (Lipinski definition) is 5. The summed E-state index contributed by atoms with van der Waals surface area (Å²) in [4.78, 5) is 10.0. The molecule has 5 heteroatoms. The molecule has 5 nitrogen and oxygen atoms in total. The number of ether oxygens (including phenoxy) is 4. The van der Waals surface area contributed by atoms with Gasteiger partial charge >= 0.3 is 0 Å². The third-order valence-corrected chi connectivity index (χ3v) is 1.92. The Balaban J connectivity index is 3.50. The number of methoxy groups -OCH3 is 1. The molecule has 0 N–H and O–H groups in total. The SMILES string of the molecule is COCC(C)OCC(C)OCC(C)OC=O. The fourth-order valence-corrected chi connectivity index (χ4v) is 1.06. The summed E-state index contributed by atoms with van der Waals surface area (Å²) in [5.74, 6) is 0. The summed E-state index contributed by atoms with van der Waals surface area (Å²) in [6.07, 6.45) is -0.201. The molecular formula is C11H22O5. The van der Waals surface area contributed by atoms with Crippen LogP contribution >= 0.6 is 0 Å². The lowest BCUT2D eigenvalue weighted by Gasteiger charge is -2.18. The van der Waals surface area contributed by atoms with E-state index in [1.807, 2.05) is 13.8 Å². The van der Waals surface area contributed by atoms with Gasteiger partial charge in [0.05, 0.1) is 32.0 Å². The van der Waals surface area contributed by atoms with Gasteiger partial charge in [-0.3, -0.25) is 4.79 Å². The van der Waals surface area contributed by atoms with Crippen LogP contribution in [0.25, 0.3) is 0 Å². The molecule has 96 valence electrons. The zero-order valence-corrected chi connectivity index (χ0v) is 10.5. The summed E-state index contributed by atoms with van der Waals surface area (Å²) < 4.78 is 20.5. The van der Waals surface area contributed by atoms with Crippen molar-refractivity contribution >= 4 is 6.47 Å². The Hall–Kier alpha value is -0.650. The monoisotopic (exact) mass is 234 g/mol. The summed E-state index contributed by atoms with van der Waals surface area (Å²) in [6, 6.07) is 0. The molecular weight excluding hydrogens is 212 g/mol. The molecule has 0 aromatic carbocycles. The summed E-state index contributed by atoms with van der Waals surface area (Å²) in [6.45, 7) is 7.49. The first-order valence-electron chi connectivity index (χ1n) is 5.41. The zero-order chi connectivity index (χ0) is 12.4. The van der Waals surface area contributed by atoms with Gasteiger partial charge < -0.3 is 18.9 Å². The highest BCUT2D eigenvalue weighted by Crippen LogP contribution is 1.99. The summed E-state index contributed by atoms with van der Waals surface area (Å²) in [7, 11) is 1.64. The third kappa shape index (κ3) is 8.64. The molecule has 0 aromatic heterocycles. The van der Waals surface area contributed by atoms with Crippen molar-refractivity contribution in [3.05, 3.63) is 0 Å². The lowest BCUT2D eigenvalue weighted by Crippen LogP contribution is -2.26. The van der Waals surface area contributed by atoms with E-state index >= 15 is 0 Å². The quantitative estimate of drug-likeness (QED) is 0.528. The van der Waals surface area contributed by atoms with E-state index in [0.29, 0.717) is 26.3 Å². The van der Waals surface area contributed by atoms with E-state index in [1.165, 1.54) is 0 Å². The predicted molar refractivity (Wildman–Crippen MR) is 59.3 cm³/mol. The van der Waals surface area contributed by atoms with E-state index in [2.05, 4.69) is 0 Å². The topological polar surface area (TPSA) is 54.0 Å². The minimum absolute atomic E-state index is 0.0305. The van der Waals surface area contributed by atoms with E-state index < -0.39 is 0 Å². The highest BCUT2D eigenvalue weighted by molar-refractivity contribution is 5.37. The van der Waals surface area contributed by atoms with Gasteiger partial charge in [0.25, 0.3) is 6.47 Å². The number of carbonyl (C=O) groups excluding carboxylic acids is 1. The standard InChI is InChI=1S/C11H22O5/c1-9(5-13-4)14-6-10(2)15-7-11(3)16-8-12/h8-11H,5-7H2,1-4H3. The van der Waals surface area contributed by atoms with Crippen molar-refractivity contribution in [3.63, 3.8) is 0 Å². The maximum absolute atomic E-state index is 10.0. The van der Waals surface area contributed by atoms with Gasteiger partial charge in [0.15, 0.2) is 0 Å². The van der Waals surface area contributed by atoms with Crippen LogP contribution in [0, 0.1) is 0 Å². The van der Waals surface area contributed by atoms with Crippen LogP contribution in [0.2, 0.25) is 0 Å². The largest absolute Gasteiger partial charge is 0.462 e. The van der Waals surface area contributed by atoms with Crippen LogP contribution in [-0.4, -0.2) is 51.7 Å². The molecule has 0 heterocycles. The van der Waals surface area contributed by atoms with Gasteiger partial charge in [-0.2, -0.15) is 0 Å².